The van der Waals surface area contributed by atoms with E-state index >= 15 is 0 Å². The molecule has 4 rings (SSSR count). The molecule has 0 saturated heterocycles. The van der Waals surface area contributed by atoms with Gasteiger partial charge >= 0.3 is 11.7 Å². The minimum absolute atomic E-state index is 0.0309. The Morgan fingerprint density at radius 2 is 1.82 bits per heavy atom. The van der Waals surface area contributed by atoms with Crippen LogP contribution in [0.5, 0.6) is 11.5 Å². The summed E-state index contributed by atoms with van der Waals surface area (Å²) in [6.07, 6.45) is 1.47. The Hall–Kier alpha value is -3.84. The Morgan fingerprint density at radius 3 is 2.56 bits per heavy atom. The highest BCUT2D eigenvalue weighted by Crippen LogP contribution is 2.35. The molecule has 10 nitrogen and oxygen atoms in total. The number of esters is 1. The zero-order valence-electron chi connectivity index (χ0n) is 16.8. The average Bonchev–Trinajstić information content (AvgIpc) is 3.15. The molecule has 0 fully saturated rings. The molecule has 0 bridgehead atoms. The maximum absolute atomic E-state index is 12.3. The summed E-state index contributed by atoms with van der Waals surface area (Å²) in [5.74, 6) is -0.548. The molecule has 0 aromatic heterocycles. The number of ether oxygens (including phenoxy) is 2. The molecule has 0 saturated carbocycles. The van der Waals surface area contributed by atoms with Crippen molar-refractivity contribution in [2.24, 2.45) is 4.99 Å². The fourth-order valence-electron chi connectivity index (χ4n) is 2.99. The number of aliphatic imine (C=N–C) groups is 1. The monoisotopic (exact) mass is 591 g/mol. The number of halogens is 2. The van der Waals surface area contributed by atoms with Crippen molar-refractivity contribution in [1.82, 2.24) is 0 Å². The minimum Gasteiger partial charge on any atom is -0.450 e. The maximum atomic E-state index is 12.3. The summed E-state index contributed by atoms with van der Waals surface area (Å²) in [7, 11) is 0. The van der Waals surface area contributed by atoms with Gasteiger partial charge in [-0.3, -0.25) is 20.2 Å². The zero-order valence-corrected chi connectivity index (χ0v) is 19.7. The first-order chi connectivity index (χ1) is 16.2. The average molecular weight is 592 g/mol. The van der Waals surface area contributed by atoms with Gasteiger partial charge in [-0.15, -0.1) is 0 Å². The largest absolute Gasteiger partial charge is 0.450 e. The lowest BCUT2D eigenvalue weighted by atomic mass is 10.2. The number of nitro groups is 2. The Labute approximate surface area is 209 Å². The zero-order chi connectivity index (χ0) is 24.4. The van der Waals surface area contributed by atoms with E-state index in [2.05, 4.69) is 27.6 Å². The lowest BCUT2D eigenvalue weighted by Crippen LogP contribution is -2.06. The van der Waals surface area contributed by atoms with E-state index in [0.29, 0.717) is 16.1 Å². The number of cyclic esters (lactones) is 1. The highest BCUT2D eigenvalue weighted by atomic mass is 127. The normalized spacial score (nSPS) is 14.0. The minimum atomic E-state index is -0.769. The molecule has 0 unspecified atom stereocenters. The summed E-state index contributed by atoms with van der Waals surface area (Å²) >= 11 is 8.30. The molecule has 34 heavy (non-hydrogen) atoms. The van der Waals surface area contributed by atoms with Crippen molar-refractivity contribution in [1.29, 1.82) is 0 Å². The number of nitro benzene ring substituents is 2. The van der Waals surface area contributed by atoms with Crippen LogP contribution in [-0.4, -0.2) is 21.7 Å². The Kier molecular flexibility index (Phi) is 6.56. The van der Waals surface area contributed by atoms with E-state index in [1.807, 2.05) is 0 Å². The first-order valence-electron chi connectivity index (χ1n) is 9.40. The van der Waals surface area contributed by atoms with Gasteiger partial charge in [-0.25, -0.2) is 9.79 Å². The quantitative estimate of drug-likeness (QED) is 0.115. The van der Waals surface area contributed by atoms with E-state index in [4.69, 9.17) is 21.1 Å². The molecule has 0 N–H and O–H groups in total. The summed E-state index contributed by atoms with van der Waals surface area (Å²) in [6.45, 7) is 0. The molecule has 1 heterocycles. The van der Waals surface area contributed by atoms with Crippen molar-refractivity contribution < 1.29 is 24.1 Å². The van der Waals surface area contributed by atoms with E-state index in [0.717, 1.165) is 21.8 Å². The van der Waals surface area contributed by atoms with Gasteiger partial charge in [0.1, 0.15) is 5.75 Å². The molecule has 12 heteroatoms. The van der Waals surface area contributed by atoms with Crippen molar-refractivity contribution in [2.75, 3.05) is 0 Å². The first-order valence-corrected chi connectivity index (χ1v) is 10.9. The third-order valence-corrected chi connectivity index (χ3v) is 5.52. The van der Waals surface area contributed by atoms with Gasteiger partial charge in [-0.2, -0.15) is 0 Å². The van der Waals surface area contributed by atoms with E-state index in [9.17, 15) is 25.0 Å². The summed E-state index contributed by atoms with van der Waals surface area (Å²) in [6, 6.07) is 14.6. The van der Waals surface area contributed by atoms with Crippen LogP contribution in [-0.2, 0) is 9.53 Å². The van der Waals surface area contributed by atoms with E-state index < -0.39 is 27.2 Å². The number of carbonyl (C=O) groups is 1. The lowest BCUT2D eigenvalue weighted by molar-refractivity contribution is -0.394. The molecule has 170 valence electrons. The van der Waals surface area contributed by atoms with Crippen LogP contribution in [0.2, 0.25) is 5.02 Å². The van der Waals surface area contributed by atoms with Crippen molar-refractivity contribution >= 4 is 63.5 Å². The maximum Gasteiger partial charge on any atom is 0.363 e. The molecular formula is C22H11ClIN3O7. The van der Waals surface area contributed by atoms with Crippen LogP contribution in [0.3, 0.4) is 0 Å². The molecule has 0 spiro atoms. The van der Waals surface area contributed by atoms with Gasteiger partial charge in [0, 0.05) is 9.64 Å². The van der Waals surface area contributed by atoms with Crippen molar-refractivity contribution in [3.8, 4) is 11.5 Å². The Bertz CT molecular complexity index is 1420. The van der Waals surface area contributed by atoms with E-state index in [1.54, 1.807) is 36.4 Å². The molecule has 3 aromatic carbocycles. The van der Waals surface area contributed by atoms with Crippen LogP contribution in [0.25, 0.3) is 6.08 Å². The van der Waals surface area contributed by atoms with E-state index in [1.165, 1.54) is 12.1 Å². The number of hydrogen-bond donors (Lipinski definition) is 0. The number of rotatable bonds is 6. The van der Waals surface area contributed by atoms with Crippen LogP contribution in [0.15, 0.2) is 71.4 Å². The second-order valence-electron chi connectivity index (χ2n) is 6.80. The molecule has 3 aromatic rings. The van der Waals surface area contributed by atoms with Gasteiger partial charge < -0.3 is 9.47 Å². The molecule has 1 aliphatic heterocycles. The van der Waals surface area contributed by atoms with Crippen LogP contribution < -0.4 is 4.74 Å². The molecular weight excluding hydrogens is 581 g/mol. The molecule has 1 aliphatic rings. The third-order valence-electron chi connectivity index (χ3n) is 4.52. The summed E-state index contributed by atoms with van der Waals surface area (Å²) in [5.41, 5.74) is 0.0316. The first kappa shape index (κ1) is 23.3. The second-order valence-corrected chi connectivity index (χ2v) is 8.45. The smallest absolute Gasteiger partial charge is 0.363 e. The fourth-order valence-corrected chi connectivity index (χ4v) is 3.68. The Balaban J connectivity index is 1.63. The van der Waals surface area contributed by atoms with Gasteiger partial charge in [0.2, 0.25) is 11.6 Å². The number of hydrogen-bond acceptors (Lipinski definition) is 8. The molecule has 0 amide bonds. The number of non-ortho nitro benzene ring substituents is 1. The molecule has 0 radical (unpaired) electrons. The van der Waals surface area contributed by atoms with Crippen LogP contribution >= 0.6 is 34.2 Å². The highest BCUT2D eigenvalue weighted by Gasteiger charge is 2.26. The van der Waals surface area contributed by atoms with E-state index in [-0.39, 0.29) is 23.1 Å². The highest BCUT2D eigenvalue weighted by molar-refractivity contribution is 14.1. The molecule has 0 aliphatic carbocycles. The topological polar surface area (TPSA) is 134 Å². The van der Waals surface area contributed by atoms with Crippen LogP contribution in [0.4, 0.5) is 11.4 Å². The fraction of sp³-hybridized carbons (Fsp3) is 0. The van der Waals surface area contributed by atoms with Gasteiger partial charge in [0.15, 0.2) is 5.70 Å². The molecule has 0 atom stereocenters. The third kappa shape index (κ3) is 5.05. The summed E-state index contributed by atoms with van der Waals surface area (Å²) in [4.78, 5) is 37.3. The van der Waals surface area contributed by atoms with Crippen molar-refractivity contribution in [3.63, 3.8) is 0 Å². The van der Waals surface area contributed by atoms with Gasteiger partial charge in [0.05, 0.1) is 26.5 Å². The number of carbonyl (C=O) groups excluding carboxylic acids is 1. The van der Waals surface area contributed by atoms with Crippen molar-refractivity contribution in [2.45, 2.75) is 0 Å². The standard InChI is InChI=1S/C22H11ClIN3O7/c23-17-6-4-13(24)10-16(17)21-25-18(22(28)34-21)9-12-2-1-3-15(8-12)33-20-7-5-14(26(29)30)11-19(20)27(31)32/h1-11H. The SMILES string of the molecule is O=C1OC(c2cc(I)ccc2Cl)=NC1=Cc1cccc(Oc2ccc([N+](=O)[O-])cc2[N+](=O)[O-])c1. The summed E-state index contributed by atoms with van der Waals surface area (Å²) < 4.78 is 11.7. The number of benzene rings is 3. The summed E-state index contributed by atoms with van der Waals surface area (Å²) in [5, 5.41) is 22.6. The second kappa shape index (κ2) is 9.57. The van der Waals surface area contributed by atoms with Gasteiger partial charge in [0.25, 0.3) is 5.69 Å². The predicted octanol–water partition coefficient (Wildman–Crippen LogP) is 5.90. The predicted molar refractivity (Wildman–Crippen MR) is 131 cm³/mol. The van der Waals surface area contributed by atoms with Crippen LogP contribution in [0.1, 0.15) is 11.1 Å². The lowest BCUT2D eigenvalue weighted by Gasteiger charge is -2.07. The van der Waals surface area contributed by atoms with Gasteiger partial charge in [-0.05, 0) is 70.6 Å². The van der Waals surface area contributed by atoms with Crippen LogP contribution in [0, 0.1) is 23.8 Å². The Morgan fingerprint density at radius 1 is 1.03 bits per heavy atom. The number of nitrogens with zero attached hydrogens (tertiary/aromatic N) is 3. The van der Waals surface area contributed by atoms with Crippen molar-refractivity contribution in [3.05, 3.63) is 106 Å². The van der Waals surface area contributed by atoms with Gasteiger partial charge in [-0.1, -0.05) is 23.7 Å².